The highest BCUT2D eigenvalue weighted by Crippen LogP contribution is 2.29. The van der Waals surface area contributed by atoms with Crippen molar-refractivity contribution in [1.29, 1.82) is 0 Å². The fourth-order valence-corrected chi connectivity index (χ4v) is 4.26. The molecule has 4 aromatic rings. The van der Waals surface area contributed by atoms with Crippen molar-refractivity contribution in [2.45, 2.75) is 17.3 Å². The van der Waals surface area contributed by atoms with Crippen molar-refractivity contribution in [2.75, 3.05) is 5.32 Å². The van der Waals surface area contributed by atoms with E-state index in [0.29, 0.717) is 11.3 Å². The van der Waals surface area contributed by atoms with Gasteiger partial charge in [-0.2, -0.15) is 0 Å². The third-order valence-electron chi connectivity index (χ3n) is 5.32. The second kappa shape index (κ2) is 9.75. The van der Waals surface area contributed by atoms with Crippen molar-refractivity contribution in [2.24, 2.45) is 12.8 Å². The minimum absolute atomic E-state index is 0.149. The predicted molar refractivity (Wildman–Crippen MR) is 133 cm³/mol. The smallest absolute Gasteiger partial charge is 0.248 e. The third kappa shape index (κ3) is 5.15. The van der Waals surface area contributed by atoms with Crippen molar-refractivity contribution >= 4 is 29.3 Å². The number of thioether (sulfide) groups is 1. The van der Waals surface area contributed by atoms with Crippen LogP contribution in [0.25, 0.3) is 22.4 Å². The molecule has 2 amide bonds. The number of carbonyl (C=O) groups excluding carboxylic acids is 2. The second-order valence-electron chi connectivity index (χ2n) is 7.62. The molecule has 0 spiro atoms. The topological polar surface area (TPSA) is 90.0 Å². The number of nitrogens with two attached hydrogens (primary N) is 1. The fraction of sp³-hybridized carbons (Fsp3) is 0.115. The maximum Gasteiger partial charge on any atom is 0.248 e. The molecule has 1 atom stereocenters. The predicted octanol–water partition coefficient (Wildman–Crippen LogP) is 4.97. The van der Waals surface area contributed by atoms with Crippen molar-refractivity contribution in [3.8, 4) is 22.4 Å². The largest absolute Gasteiger partial charge is 0.366 e. The highest BCUT2D eigenvalue weighted by Gasteiger charge is 2.19. The maximum atomic E-state index is 12.6. The third-order valence-corrected chi connectivity index (χ3v) is 6.48. The lowest BCUT2D eigenvalue weighted by molar-refractivity contribution is -0.115. The summed E-state index contributed by atoms with van der Waals surface area (Å²) in [5.74, 6) is -0.652. The summed E-state index contributed by atoms with van der Waals surface area (Å²) < 4.78 is 1.99. The summed E-state index contributed by atoms with van der Waals surface area (Å²) in [5.41, 5.74) is 10.6. The molecule has 0 aliphatic rings. The molecular formula is C26H24N4O2S. The molecule has 0 aliphatic heterocycles. The molecule has 1 aromatic heterocycles. The fourth-order valence-electron chi connectivity index (χ4n) is 3.41. The average Bonchev–Trinajstić information content (AvgIpc) is 3.20. The number of carbonyl (C=O) groups is 2. The number of imidazole rings is 1. The van der Waals surface area contributed by atoms with Crippen molar-refractivity contribution in [1.82, 2.24) is 9.55 Å². The Bertz CT molecular complexity index is 1270. The van der Waals surface area contributed by atoms with Crippen LogP contribution in [0.1, 0.15) is 17.3 Å². The molecule has 6 nitrogen and oxygen atoms in total. The molecule has 0 aliphatic carbocycles. The van der Waals surface area contributed by atoms with E-state index in [1.54, 1.807) is 24.3 Å². The summed E-state index contributed by atoms with van der Waals surface area (Å²) in [5, 5.41) is 3.25. The molecule has 0 bridgehead atoms. The van der Waals surface area contributed by atoms with Gasteiger partial charge in [-0.1, -0.05) is 66.4 Å². The van der Waals surface area contributed by atoms with Gasteiger partial charge in [-0.05, 0) is 47.9 Å². The first-order chi connectivity index (χ1) is 15.9. The summed E-state index contributed by atoms with van der Waals surface area (Å²) in [6.07, 6.45) is 1.83. The van der Waals surface area contributed by atoms with E-state index in [1.807, 2.05) is 42.9 Å². The Morgan fingerprint density at radius 1 is 0.909 bits per heavy atom. The number of aromatic nitrogens is 2. The Labute approximate surface area is 196 Å². The number of anilines is 1. The van der Waals surface area contributed by atoms with E-state index in [9.17, 15) is 9.59 Å². The Morgan fingerprint density at radius 2 is 1.52 bits per heavy atom. The molecule has 0 saturated heterocycles. The van der Waals surface area contributed by atoms with Crippen LogP contribution in [-0.2, 0) is 11.8 Å². The van der Waals surface area contributed by atoms with E-state index >= 15 is 0 Å². The Balaban J connectivity index is 1.43. The first kappa shape index (κ1) is 22.4. The normalized spacial score (nSPS) is 11.7. The van der Waals surface area contributed by atoms with E-state index < -0.39 is 5.91 Å². The molecule has 3 aromatic carbocycles. The van der Waals surface area contributed by atoms with Crippen molar-refractivity contribution < 1.29 is 9.59 Å². The number of primary amides is 1. The quantitative estimate of drug-likeness (QED) is 0.384. The molecular weight excluding hydrogens is 432 g/mol. The number of nitrogens with zero attached hydrogens (tertiary/aromatic N) is 2. The van der Waals surface area contributed by atoms with E-state index in [2.05, 4.69) is 46.7 Å². The summed E-state index contributed by atoms with van der Waals surface area (Å²) >= 11 is 1.39. The first-order valence-electron chi connectivity index (χ1n) is 10.5. The maximum absolute atomic E-state index is 12.6. The van der Waals surface area contributed by atoms with Gasteiger partial charge in [0, 0.05) is 18.3 Å². The molecule has 1 heterocycles. The van der Waals surface area contributed by atoms with Gasteiger partial charge in [0.05, 0.1) is 17.1 Å². The number of amides is 2. The van der Waals surface area contributed by atoms with Crippen molar-refractivity contribution in [3.63, 3.8) is 0 Å². The number of hydrogen-bond donors (Lipinski definition) is 2. The molecule has 0 radical (unpaired) electrons. The lowest BCUT2D eigenvalue weighted by atomic mass is 10.0. The number of nitrogens with one attached hydrogen (secondary N) is 1. The highest BCUT2D eigenvalue weighted by molar-refractivity contribution is 8.00. The van der Waals surface area contributed by atoms with Gasteiger partial charge < -0.3 is 15.6 Å². The summed E-state index contributed by atoms with van der Waals surface area (Å²) in [6.45, 7) is 1.83. The molecule has 3 N–H and O–H groups in total. The summed E-state index contributed by atoms with van der Waals surface area (Å²) in [6, 6.07) is 25.1. The lowest BCUT2D eigenvalue weighted by Crippen LogP contribution is -2.23. The Hall–Kier alpha value is -3.84. The minimum Gasteiger partial charge on any atom is -0.366 e. The van der Waals surface area contributed by atoms with E-state index in [-0.39, 0.29) is 11.2 Å². The van der Waals surface area contributed by atoms with Crippen LogP contribution in [-0.4, -0.2) is 26.6 Å². The van der Waals surface area contributed by atoms with Gasteiger partial charge in [0.1, 0.15) is 0 Å². The number of rotatable bonds is 7. The molecule has 1 unspecified atom stereocenters. The van der Waals surface area contributed by atoms with Gasteiger partial charge >= 0.3 is 0 Å². The van der Waals surface area contributed by atoms with Gasteiger partial charge in [0.15, 0.2) is 5.16 Å². The zero-order valence-electron chi connectivity index (χ0n) is 18.4. The van der Waals surface area contributed by atoms with Gasteiger partial charge in [-0.15, -0.1) is 0 Å². The molecule has 0 saturated carbocycles. The van der Waals surface area contributed by atoms with Gasteiger partial charge in [0.2, 0.25) is 11.8 Å². The summed E-state index contributed by atoms with van der Waals surface area (Å²) in [4.78, 5) is 28.3. The van der Waals surface area contributed by atoms with Crippen LogP contribution in [0.5, 0.6) is 0 Å². The van der Waals surface area contributed by atoms with Crippen LogP contribution in [0.3, 0.4) is 0 Å². The minimum atomic E-state index is -0.503. The van der Waals surface area contributed by atoms with Crippen molar-refractivity contribution in [3.05, 3.63) is 90.6 Å². The standard InChI is InChI=1S/C26H24N4O2S/c1-17(25(32)29-22-14-12-21(13-15-22)24(27)31)33-26-28-16-23(30(26)2)20-10-8-19(9-11-20)18-6-4-3-5-7-18/h3-17H,1-2H3,(H2,27,31)(H,29,32). The molecule has 0 fully saturated rings. The molecule has 33 heavy (non-hydrogen) atoms. The lowest BCUT2D eigenvalue weighted by Gasteiger charge is -2.13. The van der Waals surface area contributed by atoms with E-state index in [1.165, 1.54) is 17.3 Å². The first-order valence-corrected chi connectivity index (χ1v) is 11.4. The number of hydrogen-bond acceptors (Lipinski definition) is 4. The van der Waals surface area contributed by atoms with Crippen LogP contribution in [0.4, 0.5) is 5.69 Å². The number of benzene rings is 3. The molecule has 166 valence electrons. The van der Waals surface area contributed by atoms with Gasteiger partial charge in [-0.3, -0.25) is 9.59 Å². The molecule has 7 heteroatoms. The SMILES string of the molecule is CC(Sc1ncc(-c2ccc(-c3ccccc3)cc2)n1C)C(=O)Nc1ccc(C(N)=O)cc1. The van der Waals surface area contributed by atoms with Crippen LogP contribution in [0, 0.1) is 0 Å². The van der Waals surface area contributed by atoms with Crippen LogP contribution in [0.2, 0.25) is 0 Å². The van der Waals surface area contributed by atoms with Crippen LogP contribution in [0.15, 0.2) is 90.2 Å². The zero-order valence-corrected chi connectivity index (χ0v) is 19.2. The zero-order chi connectivity index (χ0) is 23.4. The monoisotopic (exact) mass is 456 g/mol. The average molecular weight is 457 g/mol. The highest BCUT2D eigenvalue weighted by atomic mass is 32.2. The Morgan fingerprint density at radius 3 is 2.15 bits per heavy atom. The van der Waals surface area contributed by atoms with Crippen LogP contribution >= 0.6 is 11.8 Å². The van der Waals surface area contributed by atoms with Crippen LogP contribution < -0.4 is 11.1 Å². The summed E-state index contributed by atoms with van der Waals surface area (Å²) in [7, 11) is 1.95. The van der Waals surface area contributed by atoms with Gasteiger partial charge in [-0.25, -0.2) is 4.98 Å². The second-order valence-corrected chi connectivity index (χ2v) is 8.93. The van der Waals surface area contributed by atoms with E-state index in [0.717, 1.165) is 22.0 Å². The van der Waals surface area contributed by atoms with E-state index in [4.69, 9.17) is 5.73 Å². The Kier molecular flexibility index (Phi) is 6.60. The van der Waals surface area contributed by atoms with Gasteiger partial charge in [0.25, 0.3) is 0 Å². The molecule has 4 rings (SSSR count).